The lowest BCUT2D eigenvalue weighted by Crippen LogP contribution is -2.35. The van der Waals surface area contributed by atoms with Crippen LogP contribution in [0.2, 0.25) is 0 Å². The van der Waals surface area contributed by atoms with Gasteiger partial charge in [-0.15, -0.1) is 0 Å². The molecule has 96 valence electrons. The van der Waals surface area contributed by atoms with Crippen molar-refractivity contribution in [1.82, 2.24) is 4.90 Å². The number of aliphatic carboxylic acids is 1. The van der Waals surface area contributed by atoms with Gasteiger partial charge in [0.2, 0.25) is 5.91 Å². The van der Waals surface area contributed by atoms with Gasteiger partial charge in [0.15, 0.2) is 0 Å². The molecule has 0 aromatic heterocycles. The van der Waals surface area contributed by atoms with Gasteiger partial charge in [-0.25, -0.2) is 0 Å². The molecule has 1 saturated heterocycles. The van der Waals surface area contributed by atoms with E-state index in [4.69, 9.17) is 5.11 Å². The molecule has 1 amide bonds. The van der Waals surface area contributed by atoms with Crippen LogP contribution >= 0.6 is 0 Å². The van der Waals surface area contributed by atoms with Crippen molar-refractivity contribution in [3.8, 4) is 0 Å². The monoisotopic (exact) mass is 241 g/mol. The third-order valence-corrected chi connectivity index (χ3v) is 4.12. The van der Waals surface area contributed by atoms with E-state index < -0.39 is 28.8 Å². The van der Waals surface area contributed by atoms with Crippen LogP contribution in [0.1, 0.15) is 27.2 Å². The lowest BCUT2D eigenvalue weighted by molar-refractivity contribution is -0.142. The quantitative estimate of drug-likeness (QED) is 0.730. The second-order valence-corrected chi connectivity index (χ2v) is 6.12. The molecule has 1 aliphatic carbocycles. The van der Waals surface area contributed by atoms with Crippen LogP contribution in [0.25, 0.3) is 0 Å². The van der Waals surface area contributed by atoms with E-state index >= 15 is 0 Å². The number of rotatable bonds is 2. The van der Waals surface area contributed by atoms with E-state index in [0.717, 1.165) is 0 Å². The summed E-state index contributed by atoms with van der Waals surface area (Å²) in [5.41, 5.74) is -1.29. The maximum absolute atomic E-state index is 12.2. The predicted molar refractivity (Wildman–Crippen MR) is 60.2 cm³/mol. The van der Waals surface area contributed by atoms with Crippen molar-refractivity contribution < 1.29 is 19.8 Å². The number of carboxylic acids is 1. The summed E-state index contributed by atoms with van der Waals surface area (Å²) in [6.45, 7) is 6.15. The number of β-amino-alcohol motifs (C(OH)–C–C–N with tert-alkyl or cyclic N) is 1. The lowest BCUT2D eigenvalue weighted by atomic mass is 10.1. The first kappa shape index (κ1) is 12.4. The van der Waals surface area contributed by atoms with Gasteiger partial charge in [-0.05, 0) is 18.8 Å². The smallest absolute Gasteiger partial charge is 0.307 e. The average Bonchev–Trinajstić information content (AvgIpc) is 2.55. The minimum Gasteiger partial charge on any atom is -0.481 e. The van der Waals surface area contributed by atoms with Crippen LogP contribution in [0, 0.1) is 17.3 Å². The molecule has 5 heteroatoms. The molecular weight excluding hydrogens is 222 g/mol. The van der Waals surface area contributed by atoms with Crippen LogP contribution in [0.15, 0.2) is 0 Å². The number of amides is 1. The van der Waals surface area contributed by atoms with Crippen molar-refractivity contribution >= 4 is 11.9 Å². The fourth-order valence-electron chi connectivity index (χ4n) is 2.89. The molecule has 1 aliphatic heterocycles. The second kappa shape index (κ2) is 3.45. The minimum atomic E-state index is -0.903. The highest BCUT2D eigenvalue weighted by molar-refractivity contribution is 5.91. The summed E-state index contributed by atoms with van der Waals surface area (Å²) in [7, 11) is 0. The molecular formula is C12H19NO4. The third kappa shape index (κ3) is 1.92. The maximum atomic E-state index is 12.2. The zero-order valence-electron chi connectivity index (χ0n) is 10.4. The maximum Gasteiger partial charge on any atom is 0.307 e. The number of aliphatic hydroxyl groups is 1. The van der Waals surface area contributed by atoms with Crippen LogP contribution < -0.4 is 0 Å². The molecule has 2 rings (SSSR count). The molecule has 0 bridgehead atoms. The molecule has 1 saturated carbocycles. The predicted octanol–water partition coefficient (Wildman–Crippen LogP) is 0.326. The number of likely N-dealkylation sites (tertiary alicyclic amines) is 1. The van der Waals surface area contributed by atoms with Gasteiger partial charge < -0.3 is 15.1 Å². The number of carbonyl (C=O) groups excluding carboxylic acids is 1. The van der Waals surface area contributed by atoms with E-state index in [1.807, 2.05) is 13.8 Å². The topological polar surface area (TPSA) is 77.8 Å². The Morgan fingerprint density at radius 3 is 2.18 bits per heavy atom. The zero-order chi connectivity index (χ0) is 13.0. The van der Waals surface area contributed by atoms with Crippen molar-refractivity contribution in [2.45, 2.75) is 32.8 Å². The van der Waals surface area contributed by atoms with E-state index in [2.05, 4.69) is 0 Å². The van der Waals surface area contributed by atoms with Crippen LogP contribution in [-0.2, 0) is 9.59 Å². The molecule has 2 aliphatic rings. The Morgan fingerprint density at radius 1 is 1.24 bits per heavy atom. The van der Waals surface area contributed by atoms with Crippen LogP contribution in [0.5, 0.6) is 0 Å². The van der Waals surface area contributed by atoms with Gasteiger partial charge in [0.05, 0.1) is 17.4 Å². The van der Waals surface area contributed by atoms with Crippen molar-refractivity contribution in [2.24, 2.45) is 17.3 Å². The highest BCUT2D eigenvalue weighted by Gasteiger charge is 2.67. The Morgan fingerprint density at radius 2 is 1.82 bits per heavy atom. The molecule has 0 radical (unpaired) electrons. The van der Waals surface area contributed by atoms with Crippen molar-refractivity contribution in [3.05, 3.63) is 0 Å². The minimum absolute atomic E-state index is 0.125. The molecule has 0 spiro atoms. The fourth-order valence-corrected chi connectivity index (χ4v) is 2.89. The van der Waals surface area contributed by atoms with Crippen molar-refractivity contribution in [1.29, 1.82) is 0 Å². The van der Waals surface area contributed by atoms with Crippen LogP contribution in [0.4, 0.5) is 0 Å². The number of carboxylic acid groups (broad SMARTS) is 1. The highest BCUT2D eigenvalue weighted by Crippen LogP contribution is 2.59. The Hall–Kier alpha value is -1.10. The SMILES string of the molecule is CC1(O)CCN(C(=O)[C@H]2[C@@H](C(=O)O)C2(C)C)C1. The van der Waals surface area contributed by atoms with E-state index in [-0.39, 0.29) is 5.91 Å². The Bertz CT molecular complexity index is 375. The number of hydrogen-bond donors (Lipinski definition) is 2. The Balaban J connectivity index is 2.06. The van der Waals surface area contributed by atoms with Gasteiger partial charge in [-0.2, -0.15) is 0 Å². The van der Waals surface area contributed by atoms with Crippen LogP contribution in [-0.4, -0.2) is 45.7 Å². The first-order chi connectivity index (χ1) is 7.67. The molecule has 3 atom stereocenters. The Labute approximate surface area is 100 Å². The largest absolute Gasteiger partial charge is 0.481 e. The van der Waals surface area contributed by atoms with Gasteiger partial charge in [-0.3, -0.25) is 9.59 Å². The molecule has 5 nitrogen and oxygen atoms in total. The first-order valence-corrected chi connectivity index (χ1v) is 5.91. The standard InChI is InChI=1S/C12H19NO4/c1-11(2)7(8(11)10(15)16)9(14)13-5-4-12(3,17)6-13/h7-8,17H,4-6H2,1-3H3,(H,15,16)/t7-,8+,12?/m1/s1. The van der Waals surface area contributed by atoms with Crippen LogP contribution in [0.3, 0.4) is 0 Å². The summed E-state index contributed by atoms with van der Waals surface area (Å²) in [6, 6.07) is 0. The summed E-state index contributed by atoms with van der Waals surface area (Å²) in [6.07, 6.45) is 0.559. The Kier molecular flexibility index (Phi) is 2.51. The fraction of sp³-hybridized carbons (Fsp3) is 0.833. The van der Waals surface area contributed by atoms with Gasteiger partial charge in [-0.1, -0.05) is 13.8 Å². The highest BCUT2D eigenvalue weighted by atomic mass is 16.4. The molecule has 1 unspecified atom stereocenters. The summed E-state index contributed by atoms with van der Waals surface area (Å²) in [5, 5.41) is 18.8. The van der Waals surface area contributed by atoms with Gasteiger partial charge >= 0.3 is 5.97 Å². The zero-order valence-corrected chi connectivity index (χ0v) is 10.4. The number of carbonyl (C=O) groups is 2. The second-order valence-electron chi connectivity index (χ2n) is 6.12. The molecule has 1 heterocycles. The summed E-state index contributed by atoms with van der Waals surface area (Å²) in [5.74, 6) is -2.05. The summed E-state index contributed by atoms with van der Waals surface area (Å²) >= 11 is 0. The molecule has 2 fully saturated rings. The summed E-state index contributed by atoms with van der Waals surface area (Å²) in [4.78, 5) is 24.8. The van der Waals surface area contributed by atoms with Gasteiger partial charge in [0.1, 0.15) is 0 Å². The number of nitrogens with zero attached hydrogens (tertiary/aromatic N) is 1. The van der Waals surface area contributed by atoms with Crippen molar-refractivity contribution in [3.63, 3.8) is 0 Å². The summed E-state index contributed by atoms with van der Waals surface area (Å²) < 4.78 is 0. The van der Waals surface area contributed by atoms with E-state index in [1.54, 1.807) is 11.8 Å². The van der Waals surface area contributed by atoms with E-state index in [1.165, 1.54) is 0 Å². The van der Waals surface area contributed by atoms with Gasteiger partial charge in [0.25, 0.3) is 0 Å². The van der Waals surface area contributed by atoms with E-state index in [9.17, 15) is 14.7 Å². The average molecular weight is 241 g/mol. The molecule has 0 aromatic rings. The van der Waals surface area contributed by atoms with Crippen molar-refractivity contribution in [2.75, 3.05) is 13.1 Å². The molecule has 17 heavy (non-hydrogen) atoms. The molecule has 0 aromatic carbocycles. The van der Waals surface area contributed by atoms with Gasteiger partial charge in [0, 0.05) is 13.1 Å². The first-order valence-electron chi connectivity index (χ1n) is 5.91. The molecule has 2 N–H and O–H groups in total. The lowest BCUT2D eigenvalue weighted by Gasteiger charge is -2.19. The third-order valence-electron chi connectivity index (χ3n) is 4.12. The number of hydrogen-bond acceptors (Lipinski definition) is 3. The normalized spacial score (nSPS) is 39.2. The van der Waals surface area contributed by atoms with E-state index in [0.29, 0.717) is 19.5 Å².